The minimum absolute atomic E-state index is 0.568. The Hall–Kier alpha value is -1.38. The van der Waals surface area contributed by atoms with Crippen LogP contribution in [0.3, 0.4) is 0 Å². The second-order valence-electron chi connectivity index (χ2n) is 4.17. The fourth-order valence-corrected chi connectivity index (χ4v) is 2.68. The number of rotatable bonds is 3. The lowest BCUT2D eigenvalue weighted by Gasteiger charge is -2.22. The van der Waals surface area contributed by atoms with Crippen LogP contribution in [0.1, 0.15) is 5.56 Å². The molecule has 0 saturated carbocycles. The van der Waals surface area contributed by atoms with E-state index in [2.05, 4.69) is 12.1 Å². The van der Waals surface area contributed by atoms with Crippen LogP contribution in [-0.4, -0.2) is 7.05 Å². The maximum absolute atomic E-state index is 6.19. The molecular formula is C14H14Cl2N2. The molecule has 0 aliphatic carbocycles. The first-order valence-corrected chi connectivity index (χ1v) is 6.33. The normalized spacial score (nSPS) is 10.4. The van der Waals surface area contributed by atoms with Gasteiger partial charge in [0.15, 0.2) is 0 Å². The van der Waals surface area contributed by atoms with Crippen LogP contribution >= 0.6 is 23.2 Å². The fraction of sp³-hybridized carbons (Fsp3) is 0.143. The smallest absolute Gasteiger partial charge is 0.0746 e. The molecule has 0 spiro atoms. The van der Waals surface area contributed by atoms with Crippen molar-refractivity contribution in [2.24, 2.45) is 0 Å². The summed E-state index contributed by atoms with van der Waals surface area (Å²) in [5.41, 5.74) is 8.27. The molecule has 0 atom stereocenters. The fourth-order valence-electron chi connectivity index (χ4n) is 1.89. The van der Waals surface area contributed by atoms with Crippen molar-refractivity contribution in [1.82, 2.24) is 0 Å². The molecule has 2 N–H and O–H groups in total. The predicted molar refractivity (Wildman–Crippen MR) is 79.4 cm³/mol. The Morgan fingerprint density at radius 1 is 1.06 bits per heavy atom. The first-order valence-electron chi connectivity index (χ1n) is 5.57. The maximum atomic E-state index is 6.19. The zero-order valence-electron chi connectivity index (χ0n) is 10.0. The Morgan fingerprint density at radius 2 is 1.61 bits per heavy atom. The van der Waals surface area contributed by atoms with Crippen molar-refractivity contribution in [1.29, 1.82) is 0 Å². The highest BCUT2D eigenvalue weighted by atomic mass is 35.5. The van der Waals surface area contributed by atoms with Crippen LogP contribution in [0.2, 0.25) is 10.0 Å². The summed E-state index contributed by atoms with van der Waals surface area (Å²) in [5, 5.41) is 1.14. The molecule has 0 heterocycles. The van der Waals surface area contributed by atoms with Crippen LogP contribution in [0.4, 0.5) is 11.4 Å². The molecule has 0 aliphatic rings. The van der Waals surface area contributed by atoms with E-state index in [9.17, 15) is 0 Å². The molecule has 94 valence electrons. The standard InChI is InChI=1S/C14H14Cl2N2/c1-18(9-10-5-3-2-4-6-10)14-12(15)7-11(17)8-13(14)16/h2-8H,9,17H2,1H3. The third kappa shape index (κ3) is 2.89. The van der Waals surface area contributed by atoms with Gasteiger partial charge in [-0.2, -0.15) is 0 Å². The molecule has 0 bridgehead atoms. The van der Waals surface area contributed by atoms with Gasteiger partial charge >= 0.3 is 0 Å². The molecule has 2 aromatic carbocycles. The summed E-state index contributed by atoms with van der Waals surface area (Å²) in [4.78, 5) is 2.01. The number of nitrogen functional groups attached to an aromatic ring is 1. The number of hydrogen-bond donors (Lipinski definition) is 1. The minimum Gasteiger partial charge on any atom is -0.399 e. The lowest BCUT2D eigenvalue weighted by atomic mass is 10.2. The van der Waals surface area contributed by atoms with Crippen LogP contribution < -0.4 is 10.6 Å². The van der Waals surface area contributed by atoms with E-state index in [1.165, 1.54) is 5.56 Å². The largest absolute Gasteiger partial charge is 0.399 e. The van der Waals surface area contributed by atoms with Gasteiger partial charge in [0, 0.05) is 19.3 Å². The van der Waals surface area contributed by atoms with E-state index in [1.54, 1.807) is 12.1 Å². The Labute approximate surface area is 117 Å². The minimum atomic E-state index is 0.568. The summed E-state index contributed by atoms with van der Waals surface area (Å²) in [6.45, 7) is 0.740. The first-order chi connectivity index (χ1) is 8.58. The second-order valence-corrected chi connectivity index (χ2v) is 4.99. The van der Waals surface area contributed by atoms with Crippen LogP contribution in [0.15, 0.2) is 42.5 Å². The van der Waals surface area contributed by atoms with Gasteiger partial charge in [0.25, 0.3) is 0 Å². The van der Waals surface area contributed by atoms with Crippen molar-refractivity contribution < 1.29 is 0 Å². The molecule has 2 nitrogen and oxygen atoms in total. The van der Waals surface area contributed by atoms with Crippen molar-refractivity contribution in [2.75, 3.05) is 17.7 Å². The Bertz CT molecular complexity index is 518. The molecule has 2 rings (SSSR count). The molecule has 0 aromatic heterocycles. The molecule has 0 saturated heterocycles. The number of anilines is 2. The van der Waals surface area contributed by atoms with Crippen molar-refractivity contribution >= 4 is 34.6 Å². The first kappa shape index (κ1) is 13.1. The van der Waals surface area contributed by atoms with Gasteiger partial charge in [-0.05, 0) is 17.7 Å². The lowest BCUT2D eigenvalue weighted by molar-refractivity contribution is 0.924. The van der Waals surface area contributed by atoms with E-state index in [1.807, 2.05) is 30.1 Å². The lowest BCUT2D eigenvalue weighted by Crippen LogP contribution is -2.17. The second kappa shape index (κ2) is 5.51. The van der Waals surface area contributed by atoms with Gasteiger partial charge in [0.05, 0.1) is 15.7 Å². The summed E-state index contributed by atoms with van der Waals surface area (Å²) in [6, 6.07) is 13.6. The number of nitrogens with zero attached hydrogens (tertiary/aromatic N) is 1. The molecule has 0 unspecified atom stereocenters. The number of nitrogens with two attached hydrogens (primary N) is 1. The van der Waals surface area contributed by atoms with Gasteiger partial charge in [0.2, 0.25) is 0 Å². The van der Waals surface area contributed by atoms with E-state index in [0.29, 0.717) is 15.7 Å². The van der Waals surface area contributed by atoms with Crippen molar-refractivity contribution in [3.8, 4) is 0 Å². The SMILES string of the molecule is CN(Cc1ccccc1)c1c(Cl)cc(N)cc1Cl. The average Bonchev–Trinajstić information content (AvgIpc) is 2.28. The topological polar surface area (TPSA) is 29.3 Å². The number of halogens is 2. The average molecular weight is 281 g/mol. The molecule has 0 radical (unpaired) electrons. The quantitative estimate of drug-likeness (QED) is 0.854. The number of benzene rings is 2. The van der Waals surface area contributed by atoms with Crippen LogP contribution in [-0.2, 0) is 6.54 Å². The highest BCUT2D eigenvalue weighted by Gasteiger charge is 2.12. The molecule has 0 amide bonds. The van der Waals surface area contributed by atoms with Crippen LogP contribution in [0, 0.1) is 0 Å². The summed E-state index contributed by atoms with van der Waals surface area (Å²) in [7, 11) is 1.95. The van der Waals surface area contributed by atoms with E-state index in [-0.39, 0.29) is 0 Å². The molecule has 2 aromatic rings. The Kier molecular flexibility index (Phi) is 4.00. The summed E-state index contributed by atoms with van der Waals surface area (Å²) in [5.74, 6) is 0. The zero-order chi connectivity index (χ0) is 13.1. The van der Waals surface area contributed by atoms with Gasteiger partial charge in [-0.25, -0.2) is 0 Å². The van der Waals surface area contributed by atoms with Gasteiger partial charge in [0.1, 0.15) is 0 Å². The Balaban J connectivity index is 2.27. The van der Waals surface area contributed by atoms with Gasteiger partial charge < -0.3 is 10.6 Å². The molecule has 0 aliphatic heterocycles. The molecular weight excluding hydrogens is 267 g/mol. The van der Waals surface area contributed by atoms with E-state index in [4.69, 9.17) is 28.9 Å². The molecule has 0 fully saturated rings. The maximum Gasteiger partial charge on any atom is 0.0746 e. The van der Waals surface area contributed by atoms with Gasteiger partial charge in [-0.15, -0.1) is 0 Å². The van der Waals surface area contributed by atoms with Gasteiger partial charge in [-0.3, -0.25) is 0 Å². The molecule has 18 heavy (non-hydrogen) atoms. The third-order valence-corrected chi connectivity index (χ3v) is 3.26. The van der Waals surface area contributed by atoms with Crippen molar-refractivity contribution in [3.05, 3.63) is 58.1 Å². The van der Waals surface area contributed by atoms with E-state index in [0.717, 1.165) is 12.2 Å². The molecule has 4 heteroatoms. The Morgan fingerprint density at radius 3 is 2.17 bits per heavy atom. The van der Waals surface area contributed by atoms with E-state index < -0.39 is 0 Å². The highest BCUT2D eigenvalue weighted by molar-refractivity contribution is 6.39. The van der Waals surface area contributed by atoms with Crippen molar-refractivity contribution in [3.63, 3.8) is 0 Å². The highest BCUT2D eigenvalue weighted by Crippen LogP contribution is 2.35. The number of hydrogen-bond acceptors (Lipinski definition) is 2. The van der Waals surface area contributed by atoms with Gasteiger partial charge in [-0.1, -0.05) is 53.5 Å². The summed E-state index contributed by atoms with van der Waals surface area (Å²) < 4.78 is 0. The van der Waals surface area contributed by atoms with Crippen LogP contribution in [0.25, 0.3) is 0 Å². The summed E-state index contributed by atoms with van der Waals surface area (Å²) in [6.07, 6.45) is 0. The third-order valence-electron chi connectivity index (χ3n) is 2.68. The van der Waals surface area contributed by atoms with Crippen LogP contribution in [0.5, 0.6) is 0 Å². The monoisotopic (exact) mass is 280 g/mol. The summed E-state index contributed by atoms with van der Waals surface area (Å²) >= 11 is 12.4. The van der Waals surface area contributed by atoms with Crippen molar-refractivity contribution in [2.45, 2.75) is 6.54 Å². The predicted octanol–water partition coefficient (Wildman–Crippen LogP) is 4.21. The zero-order valence-corrected chi connectivity index (χ0v) is 11.5. The van der Waals surface area contributed by atoms with E-state index >= 15 is 0 Å².